The smallest absolute Gasteiger partial charge is 0.184 e. The Morgan fingerprint density at radius 2 is 1.89 bits per heavy atom. The topological polar surface area (TPSA) is 68.2 Å². The molecule has 2 aliphatic heterocycles. The van der Waals surface area contributed by atoms with E-state index in [1.807, 2.05) is 30.3 Å². The molecule has 4 atom stereocenters. The molecule has 1 unspecified atom stereocenters. The van der Waals surface area contributed by atoms with Gasteiger partial charge in [-0.25, -0.2) is 0 Å². The normalized spacial score (nSPS) is 37.2. The van der Waals surface area contributed by atoms with Crippen molar-refractivity contribution in [2.45, 2.75) is 24.6 Å². The van der Waals surface area contributed by atoms with E-state index in [-0.39, 0.29) is 18.8 Å². The summed E-state index contributed by atoms with van der Waals surface area (Å²) < 4.78 is 16.6. The largest absolute Gasteiger partial charge is 0.387 e. The monoisotopic (exact) mass is 251 g/mol. The van der Waals surface area contributed by atoms with E-state index >= 15 is 0 Å². The summed E-state index contributed by atoms with van der Waals surface area (Å²) >= 11 is 0. The molecule has 1 radical (unpaired) electrons. The Morgan fingerprint density at radius 1 is 1.11 bits per heavy atom. The van der Waals surface area contributed by atoms with Crippen LogP contribution in [-0.2, 0) is 14.2 Å². The van der Waals surface area contributed by atoms with Gasteiger partial charge in [-0.1, -0.05) is 30.3 Å². The Labute approximate surface area is 105 Å². The van der Waals surface area contributed by atoms with Crippen LogP contribution in [0.15, 0.2) is 30.3 Å². The van der Waals surface area contributed by atoms with E-state index in [4.69, 9.17) is 14.2 Å². The molecule has 2 aliphatic rings. The molecule has 5 heteroatoms. The van der Waals surface area contributed by atoms with Crippen molar-refractivity contribution >= 4 is 0 Å². The van der Waals surface area contributed by atoms with Crippen LogP contribution >= 0.6 is 0 Å². The molecule has 0 aromatic heterocycles. The summed E-state index contributed by atoms with van der Waals surface area (Å²) in [5.74, 6) is 0. The molecule has 5 nitrogen and oxygen atoms in total. The van der Waals surface area contributed by atoms with Gasteiger partial charge in [0.15, 0.2) is 6.29 Å². The van der Waals surface area contributed by atoms with Gasteiger partial charge in [-0.15, -0.1) is 0 Å². The number of aliphatic hydroxyl groups is 2. The van der Waals surface area contributed by atoms with Crippen LogP contribution in [0.2, 0.25) is 0 Å². The molecule has 0 saturated carbocycles. The minimum atomic E-state index is -1.01. The van der Waals surface area contributed by atoms with Gasteiger partial charge in [0.25, 0.3) is 0 Å². The van der Waals surface area contributed by atoms with Crippen molar-refractivity contribution in [3.63, 3.8) is 0 Å². The van der Waals surface area contributed by atoms with E-state index in [0.29, 0.717) is 6.61 Å². The van der Waals surface area contributed by atoms with Gasteiger partial charge >= 0.3 is 0 Å². The van der Waals surface area contributed by atoms with Crippen molar-refractivity contribution < 1.29 is 24.4 Å². The zero-order valence-corrected chi connectivity index (χ0v) is 9.73. The Balaban J connectivity index is 1.75. The standard InChI is InChI=1S/C13H15O5/c14-9-6-16-10-7-17-13(18-12(10)11(9)15)8-4-2-1-3-5-8/h1-5,10-15H,6-7H2/t10-,11-,12-,13?/m1/s1. The van der Waals surface area contributed by atoms with Gasteiger partial charge in [-0.3, -0.25) is 0 Å². The Morgan fingerprint density at radius 3 is 2.67 bits per heavy atom. The third kappa shape index (κ3) is 2.15. The second kappa shape index (κ2) is 4.95. The molecule has 3 rings (SSSR count). The van der Waals surface area contributed by atoms with Gasteiger partial charge in [0.2, 0.25) is 0 Å². The number of rotatable bonds is 1. The molecule has 1 aromatic rings. The van der Waals surface area contributed by atoms with Crippen LogP contribution in [0.1, 0.15) is 11.9 Å². The first kappa shape index (κ1) is 12.1. The fraction of sp³-hybridized carbons (Fsp3) is 0.462. The summed E-state index contributed by atoms with van der Waals surface area (Å²) in [6.07, 6.45) is -2.56. The minimum absolute atomic E-state index is 0.0328. The summed E-state index contributed by atoms with van der Waals surface area (Å²) in [6, 6.07) is 9.49. The van der Waals surface area contributed by atoms with Crippen LogP contribution in [0.3, 0.4) is 0 Å². The first-order valence-electron chi connectivity index (χ1n) is 5.92. The molecule has 1 aromatic carbocycles. The molecule has 0 spiro atoms. The number of aliphatic hydroxyl groups excluding tert-OH is 2. The van der Waals surface area contributed by atoms with Crippen LogP contribution < -0.4 is 0 Å². The predicted octanol–water partition coefficient (Wildman–Crippen LogP) is 0.765. The highest BCUT2D eigenvalue weighted by Gasteiger charge is 2.44. The SMILES string of the molecule is O[C]1CO[C@@H]2COC(c3ccccc3)O[C@H]2[C@@H]1O. The first-order valence-corrected chi connectivity index (χ1v) is 5.92. The quantitative estimate of drug-likeness (QED) is 0.771. The Kier molecular flexibility index (Phi) is 3.32. The van der Waals surface area contributed by atoms with Crippen molar-refractivity contribution in [2.75, 3.05) is 13.2 Å². The molecule has 2 fully saturated rings. The van der Waals surface area contributed by atoms with Crippen molar-refractivity contribution in [3.05, 3.63) is 42.0 Å². The average Bonchev–Trinajstić information content (AvgIpc) is 2.44. The van der Waals surface area contributed by atoms with E-state index in [2.05, 4.69) is 0 Å². The highest BCUT2D eigenvalue weighted by atomic mass is 16.7. The van der Waals surface area contributed by atoms with E-state index in [9.17, 15) is 10.2 Å². The molecule has 2 saturated heterocycles. The molecule has 2 N–H and O–H groups in total. The number of fused-ring (bicyclic) bond motifs is 1. The Bertz CT molecular complexity index is 394. The fourth-order valence-electron chi connectivity index (χ4n) is 2.22. The van der Waals surface area contributed by atoms with E-state index in [1.165, 1.54) is 0 Å². The van der Waals surface area contributed by atoms with Crippen molar-refractivity contribution in [2.24, 2.45) is 0 Å². The van der Waals surface area contributed by atoms with Gasteiger partial charge in [0.05, 0.1) is 13.2 Å². The van der Waals surface area contributed by atoms with Gasteiger partial charge in [-0.05, 0) is 0 Å². The molecule has 97 valence electrons. The number of hydrogen-bond acceptors (Lipinski definition) is 5. The summed E-state index contributed by atoms with van der Waals surface area (Å²) in [5.41, 5.74) is 0.883. The van der Waals surface area contributed by atoms with E-state index in [0.717, 1.165) is 5.56 Å². The van der Waals surface area contributed by atoms with Crippen molar-refractivity contribution in [1.29, 1.82) is 0 Å². The maximum Gasteiger partial charge on any atom is 0.184 e. The van der Waals surface area contributed by atoms with Gasteiger partial charge in [0, 0.05) is 5.56 Å². The molecule has 0 amide bonds. The lowest BCUT2D eigenvalue weighted by molar-refractivity contribution is -0.301. The highest BCUT2D eigenvalue weighted by molar-refractivity contribution is 5.16. The zero-order valence-electron chi connectivity index (χ0n) is 9.73. The fourth-order valence-corrected chi connectivity index (χ4v) is 2.22. The molecular weight excluding hydrogens is 236 g/mol. The third-order valence-electron chi connectivity index (χ3n) is 3.23. The minimum Gasteiger partial charge on any atom is -0.387 e. The maximum absolute atomic E-state index is 9.89. The zero-order chi connectivity index (χ0) is 12.5. The van der Waals surface area contributed by atoms with E-state index < -0.39 is 18.5 Å². The van der Waals surface area contributed by atoms with Crippen LogP contribution in [0, 0.1) is 6.10 Å². The number of benzene rings is 1. The first-order chi connectivity index (χ1) is 8.75. The summed E-state index contributed by atoms with van der Waals surface area (Å²) in [4.78, 5) is 0. The van der Waals surface area contributed by atoms with Crippen molar-refractivity contribution in [3.8, 4) is 0 Å². The van der Waals surface area contributed by atoms with Crippen molar-refractivity contribution in [1.82, 2.24) is 0 Å². The highest BCUT2D eigenvalue weighted by Crippen LogP contribution is 2.33. The molecular formula is C13H15O5. The van der Waals surface area contributed by atoms with Gasteiger partial charge < -0.3 is 24.4 Å². The van der Waals surface area contributed by atoms with Crippen LogP contribution in [0.4, 0.5) is 0 Å². The molecule has 18 heavy (non-hydrogen) atoms. The lowest BCUT2D eigenvalue weighted by Crippen LogP contribution is -2.55. The molecule has 0 bridgehead atoms. The maximum atomic E-state index is 9.89. The van der Waals surface area contributed by atoms with Crippen LogP contribution in [0.25, 0.3) is 0 Å². The number of ether oxygens (including phenoxy) is 3. The van der Waals surface area contributed by atoms with Gasteiger partial charge in [0.1, 0.15) is 24.4 Å². The second-order valence-electron chi connectivity index (χ2n) is 4.46. The van der Waals surface area contributed by atoms with Gasteiger partial charge in [-0.2, -0.15) is 0 Å². The molecule has 2 heterocycles. The predicted molar refractivity (Wildman–Crippen MR) is 60.9 cm³/mol. The Hall–Kier alpha value is -0.980. The lowest BCUT2D eigenvalue weighted by atomic mass is 9.99. The number of hydrogen-bond donors (Lipinski definition) is 2. The average molecular weight is 251 g/mol. The second-order valence-corrected chi connectivity index (χ2v) is 4.46. The van der Waals surface area contributed by atoms with E-state index in [1.54, 1.807) is 0 Å². The molecule has 0 aliphatic carbocycles. The third-order valence-corrected chi connectivity index (χ3v) is 3.23. The van der Waals surface area contributed by atoms with Crippen LogP contribution in [-0.4, -0.2) is 41.7 Å². The summed E-state index contributed by atoms with van der Waals surface area (Å²) in [6.45, 7) is 0.375. The summed E-state index contributed by atoms with van der Waals surface area (Å²) in [5, 5.41) is 19.4. The lowest BCUT2D eigenvalue weighted by Gasteiger charge is -2.42. The van der Waals surface area contributed by atoms with Crippen LogP contribution in [0.5, 0.6) is 0 Å². The summed E-state index contributed by atoms with van der Waals surface area (Å²) in [7, 11) is 0.